The van der Waals surface area contributed by atoms with Crippen molar-refractivity contribution in [3.8, 4) is 5.75 Å². The van der Waals surface area contributed by atoms with Crippen LogP contribution in [-0.2, 0) is 11.3 Å². The summed E-state index contributed by atoms with van der Waals surface area (Å²) < 4.78 is 5.61. The van der Waals surface area contributed by atoms with Crippen LogP contribution in [0, 0.1) is 0 Å². The first kappa shape index (κ1) is 15.5. The lowest BCUT2D eigenvalue weighted by Crippen LogP contribution is -2.22. The molecule has 0 heterocycles. The molecule has 0 unspecified atom stereocenters. The van der Waals surface area contributed by atoms with E-state index in [4.69, 9.17) is 4.74 Å². The maximum Gasteiger partial charge on any atom is 0.220 e. The summed E-state index contributed by atoms with van der Waals surface area (Å²) in [5, 5.41) is 2.89. The van der Waals surface area contributed by atoms with Crippen molar-refractivity contribution in [3.63, 3.8) is 0 Å². The number of nitrogens with one attached hydrogen (secondary N) is 1. The third-order valence-electron chi connectivity index (χ3n) is 2.70. The topological polar surface area (TPSA) is 41.6 Å². The first-order valence-corrected chi connectivity index (χ1v) is 6.75. The molecule has 1 amide bonds. The van der Waals surface area contributed by atoms with E-state index in [1.807, 2.05) is 45.3 Å². The minimum absolute atomic E-state index is 0.105. The largest absolute Gasteiger partial charge is 0.492 e. The molecule has 19 heavy (non-hydrogen) atoms. The van der Waals surface area contributed by atoms with Crippen LogP contribution in [0.2, 0.25) is 0 Å². The maximum absolute atomic E-state index is 11.3. The number of hydrogen-bond acceptors (Lipinski definition) is 3. The Bertz CT molecular complexity index is 374. The van der Waals surface area contributed by atoms with Gasteiger partial charge in [0.25, 0.3) is 0 Å². The van der Waals surface area contributed by atoms with Crippen molar-refractivity contribution in [3.05, 3.63) is 29.8 Å². The summed E-state index contributed by atoms with van der Waals surface area (Å²) in [4.78, 5) is 13.4. The van der Waals surface area contributed by atoms with E-state index in [9.17, 15) is 4.79 Å². The van der Waals surface area contributed by atoms with Crippen molar-refractivity contribution < 1.29 is 9.53 Å². The summed E-state index contributed by atoms with van der Waals surface area (Å²) in [6.45, 7) is 4.16. The van der Waals surface area contributed by atoms with Gasteiger partial charge in [0.2, 0.25) is 5.91 Å². The molecule has 0 aliphatic rings. The normalized spacial score (nSPS) is 10.5. The molecular formula is C15H24N2O2. The van der Waals surface area contributed by atoms with E-state index in [0.717, 1.165) is 24.3 Å². The van der Waals surface area contributed by atoms with E-state index in [1.165, 1.54) is 0 Å². The van der Waals surface area contributed by atoms with Crippen LogP contribution in [0.4, 0.5) is 0 Å². The molecule has 1 rings (SSSR count). The maximum atomic E-state index is 11.3. The zero-order chi connectivity index (χ0) is 14.1. The van der Waals surface area contributed by atoms with Gasteiger partial charge >= 0.3 is 0 Å². The van der Waals surface area contributed by atoms with Gasteiger partial charge in [-0.05, 0) is 38.2 Å². The second kappa shape index (κ2) is 8.53. The molecule has 0 fully saturated rings. The third-order valence-corrected chi connectivity index (χ3v) is 2.70. The van der Waals surface area contributed by atoms with Crippen molar-refractivity contribution in [1.29, 1.82) is 0 Å². The monoisotopic (exact) mass is 264 g/mol. The van der Waals surface area contributed by atoms with Crippen molar-refractivity contribution in [1.82, 2.24) is 10.2 Å². The Morgan fingerprint density at radius 1 is 1.26 bits per heavy atom. The predicted molar refractivity (Wildman–Crippen MR) is 77.2 cm³/mol. The average molecular weight is 264 g/mol. The van der Waals surface area contributed by atoms with E-state index in [0.29, 0.717) is 19.6 Å². The number of nitrogens with zero attached hydrogens (tertiary/aromatic N) is 1. The van der Waals surface area contributed by atoms with Crippen molar-refractivity contribution in [2.75, 3.05) is 27.2 Å². The Hall–Kier alpha value is -1.55. The number of amides is 1. The van der Waals surface area contributed by atoms with E-state index < -0.39 is 0 Å². The number of ether oxygens (including phenoxy) is 1. The van der Waals surface area contributed by atoms with Crippen LogP contribution in [0.1, 0.15) is 25.3 Å². The smallest absolute Gasteiger partial charge is 0.220 e. The Morgan fingerprint density at radius 2 is 1.95 bits per heavy atom. The van der Waals surface area contributed by atoms with Crippen LogP contribution in [0.3, 0.4) is 0 Å². The lowest BCUT2D eigenvalue weighted by atomic mass is 10.2. The van der Waals surface area contributed by atoms with Gasteiger partial charge in [-0.15, -0.1) is 0 Å². The van der Waals surface area contributed by atoms with E-state index in [-0.39, 0.29) is 5.91 Å². The van der Waals surface area contributed by atoms with E-state index in [1.54, 1.807) is 0 Å². The van der Waals surface area contributed by atoms with Crippen LogP contribution in [0.25, 0.3) is 0 Å². The summed E-state index contributed by atoms with van der Waals surface area (Å²) in [6, 6.07) is 7.85. The highest BCUT2D eigenvalue weighted by atomic mass is 16.5. The summed E-state index contributed by atoms with van der Waals surface area (Å²) in [7, 11) is 4.04. The van der Waals surface area contributed by atoms with E-state index in [2.05, 4.69) is 10.2 Å². The van der Waals surface area contributed by atoms with Crippen molar-refractivity contribution in [2.45, 2.75) is 26.3 Å². The molecule has 1 N–H and O–H groups in total. The molecule has 0 spiro atoms. The molecule has 0 bridgehead atoms. The number of carbonyl (C=O) groups is 1. The summed E-state index contributed by atoms with van der Waals surface area (Å²) in [6.07, 6.45) is 1.47. The highest BCUT2D eigenvalue weighted by molar-refractivity contribution is 5.75. The lowest BCUT2D eigenvalue weighted by Gasteiger charge is -2.11. The fourth-order valence-corrected chi connectivity index (χ4v) is 1.57. The highest BCUT2D eigenvalue weighted by Gasteiger charge is 2.00. The molecule has 4 nitrogen and oxygen atoms in total. The lowest BCUT2D eigenvalue weighted by molar-refractivity contribution is -0.121. The van der Waals surface area contributed by atoms with Crippen LogP contribution in [0.5, 0.6) is 5.75 Å². The van der Waals surface area contributed by atoms with Gasteiger partial charge in [-0.2, -0.15) is 0 Å². The van der Waals surface area contributed by atoms with Crippen molar-refractivity contribution in [2.24, 2.45) is 0 Å². The number of hydrogen-bond donors (Lipinski definition) is 1. The molecule has 1 aromatic rings. The minimum Gasteiger partial charge on any atom is -0.492 e. The van der Waals surface area contributed by atoms with Crippen LogP contribution >= 0.6 is 0 Å². The zero-order valence-corrected chi connectivity index (χ0v) is 12.1. The molecule has 0 saturated heterocycles. The third kappa shape index (κ3) is 6.82. The number of rotatable bonds is 8. The molecule has 0 radical (unpaired) electrons. The van der Waals surface area contributed by atoms with Gasteiger partial charge in [0.05, 0.1) is 0 Å². The van der Waals surface area contributed by atoms with Gasteiger partial charge in [-0.3, -0.25) is 4.79 Å². The van der Waals surface area contributed by atoms with Crippen LogP contribution in [0.15, 0.2) is 24.3 Å². The number of benzene rings is 1. The Balaban J connectivity index is 2.33. The zero-order valence-electron chi connectivity index (χ0n) is 12.1. The minimum atomic E-state index is 0.105. The molecule has 0 aliphatic heterocycles. The fourth-order valence-electron chi connectivity index (χ4n) is 1.57. The summed E-state index contributed by atoms with van der Waals surface area (Å²) in [5.74, 6) is 0.972. The van der Waals surface area contributed by atoms with Gasteiger partial charge < -0.3 is 15.0 Å². The number of likely N-dealkylation sites (N-methyl/N-ethyl adjacent to an activating group) is 1. The summed E-state index contributed by atoms with van der Waals surface area (Å²) in [5.41, 5.74) is 1.09. The van der Waals surface area contributed by atoms with Crippen molar-refractivity contribution >= 4 is 5.91 Å². The molecule has 0 atom stereocenters. The van der Waals surface area contributed by atoms with Gasteiger partial charge in [-0.1, -0.05) is 19.1 Å². The molecular weight excluding hydrogens is 240 g/mol. The first-order valence-electron chi connectivity index (χ1n) is 6.75. The molecule has 4 heteroatoms. The molecule has 1 aromatic carbocycles. The second-order valence-electron chi connectivity index (χ2n) is 4.82. The first-order chi connectivity index (χ1) is 9.11. The Labute approximate surface area is 115 Å². The average Bonchev–Trinajstić information content (AvgIpc) is 2.38. The predicted octanol–water partition coefficient (Wildman–Crippen LogP) is 2.04. The fraction of sp³-hybridized carbons (Fsp3) is 0.533. The van der Waals surface area contributed by atoms with Gasteiger partial charge in [-0.25, -0.2) is 0 Å². The van der Waals surface area contributed by atoms with Crippen LogP contribution in [-0.4, -0.2) is 38.1 Å². The molecule has 0 aromatic heterocycles. The van der Waals surface area contributed by atoms with E-state index >= 15 is 0 Å². The van der Waals surface area contributed by atoms with Crippen LogP contribution < -0.4 is 10.1 Å². The molecule has 0 aliphatic carbocycles. The quantitative estimate of drug-likeness (QED) is 0.781. The summed E-state index contributed by atoms with van der Waals surface area (Å²) >= 11 is 0. The Kier molecular flexibility index (Phi) is 6.97. The molecule has 106 valence electrons. The Morgan fingerprint density at radius 3 is 2.53 bits per heavy atom. The second-order valence-corrected chi connectivity index (χ2v) is 4.82. The van der Waals surface area contributed by atoms with Gasteiger partial charge in [0, 0.05) is 19.5 Å². The highest BCUT2D eigenvalue weighted by Crippen LogP contribution is 2.12. The SMILES string of the molecule is CCCC(=O)NCc1ccc(OCCN(C)C)cc1. The number of carbonyl (C=O) groups excluding carboxylic acids is 1. The van der Waals surface area contributed by atoms with Gasteiger partial charge in [0.15, 0.2) is 0 Å². The van der Waals surface area contributed by atoms with Gasteiger partial charge in [0.1, 0.15) is 12.4 Å². The molecule has 0 saturated carbocycles. The standard InChI is InChI=1S/C15H24N2O2/c1-4-5-15(18)16-12-13-6-8-14(9-7-13)19-11-10-17(2)3/h6-9H,4-5,10-12H2,1-3H3,(H,16,18).